The first-order valence-corrected chi connectivity index (χ1v) is 6.71. The van der Waals surface area contributed by atoms with E-state index in [1.165, 1.54) is 5.57 Å². The molecular weight excluding hydrogens is 228 g/mol. The van der Waals surface area contributed by atoms with Crippen LogP contribution in [0.3, 0.4) is 0 Å². The van der Waals surface area contributed by atoms with E-state index in [4.69, 9.17) is 9.84 Å². The first kappa shape index (κ1) is 13.1. The summed E-state index contributed by atoms with van der Waals surface area (Å²) >= 11 is 0. The van der Waals surface area contributed by atoms with Crippen LogP contribution < -0.4 is 0 Å². The highest BCUT2D eigenvalue weighted by molar-refractivity contribution is 5.89. The summed E-state index contributed by atoms with van der Waals surface area (Å²) in [6.45, 7) is -0.0206. The van der Waals surface area contributed by atoms with Gasteiger partial charge in [0.1, 0.15) is 5.76 Å². The van der Waals surface area contributed by atoms with E-state index in [0.29, 0.717) is 12.0 Å². The molecule has 0 heterocycles. The van der Waals surface area contributed by atoms with Gasteiger partial charge in [-0.3, -0.25) is 0 Å². The molecule has 18 heavy (non-hydrogen) atoms. The van der Waals surface area contributed by atoms with Crippen molar-refractivity contribution in [2.75, 3.05) is 6.61 Å². The smallest absolute Gasteiger partial charge is 0.339 e. The number of carbonyl (C=O) groups is 1. The molecule has 0 aromatic rings. The fraction of sp³-hybridized carbons (Fsp3) is 0.533. The van der Waals surface area contributed by atoms with E-state index in [1.807, 2.05) is 12.2 Å². The van der Waals surface area contributed by atoms with Crippen molar-refractivity contribution in [3.63, 3.8) is 0 Å². The minimum absolute atomic E-state index is 0.0206. The van der Waals surface area contributed by atoms with Gasteiger partial charge in [-0.05, 0) is 44.3 Å². The largest absolute Gasteiger partial charge is 0.428 e. The van der Waals surface area contributed by atoms with Crippen molar-refractivity contribution >= 4 is 5.97 Å². The van der Waals surface area contributed by atoms with E-state index in [1.54, 1.807) is 0 Å². The van der Waals surface area contributed by atoms with Gasteiger partial charge in [0.15, 0.2) is 0 Å². The molecule has 2 aliphatic carbocycles. The van der Waals surface area contributed by atoms with Crippen LogP contribution in [-0.4, -0.2) is 17.7 Å². The lowest BCUT2D eigenvalue weighted by atomic mass is 10.1. The van der Waals surface area contributed by atoms with Gasteiger partial charge in [-0.25, -0.2) is 4.79 Å². The summed E-state index contributed by atoms with van der Waals surface area (Å²) in [6, 6.07) is 0. The van der Waals surface area contributed by atoms with Crippen LogP contribution >= 0.6 is 0 Å². The maximum Gasteiger partial charge on any atom is 0.339 e. The van der Waals surface area contributed by atoms with Crippen LogP contribution in [0.15, 0.2) is 35.1 Å². The monoisotopic (exact) mass is 248 g/mol. The summed E-state index contributed by atoms with van der Waals surface area (Å²) in [5, 5.41) is 9.04. The molecule has 3 heteroatoms. The number of rotatable bonds is 5. The molecule has 0 radical (unpaired) electrons. The molecule has 0 aromatic carbocycles. The SMILES string of the molecule is O=C(OC1=CCCC1)C(=CC1=CCCC1)CCO. The van der Waals surface area contributed by atoms with Crippen molar-refractivity contribution < 1.29 is 14.6 Å². The van der Waals surface area contributed by atoms with Crippen LogP contribution in [0.25, 0.3) is 0 Å². The summed E-state index contributed by atoms with van der Waals surface area (Å²) in [5.74, 6) is 0.481. The highest BCUT2D eigenvalue weighted by atomic mass is 16.5. The van der Waals surface area contributed by atoms with E-state index in [0.717, 1.165) is 44.3 Å². The Morgan fingerprint density at radius 2 is 2.06 bits per heavy atom. The second-order valence-corrected chi connectivity index (χ2v) is 4.77. The second kappa shape index (κ2) is 6.55. The number of aliphatic hydroxyl groups is 1. The first-order chi connectivity index (χ1) is 8.79. The predicted octanol–water partition coefficient (Wildman–Crippen LogP) is 3.02. The van der Waals surface area contributed by atoms with Crippen molar-refractivity contribution in [2.45, 2.75) is 44.9 Å². The minimum atomic E-state index is -0.301. The number of ether oxygens (including phenoxy) is 1. The van der Waals surface area contributed by atoms with Crippen LogP contribution in [0.2, 0.25) is 0 Å². The molecule has 3 nitrogen and oxygen atoms in total. The topological polar surface area (TPSA) is 46.5 Å². The van der Waals surface area contributed by atoms with Crippen LogP contribution in [-0.2, 0) is 9.53 Å². The Morgan fingerprint density at radius 3 is 2.67 bits per heavy atom. The fourth-order valence-electron chi connectivity index (χ4n) is 2.32. The number of hydrogen-bond acceptors (Lipinski definition) is 3. The van der Waals surface area contributed by atoms with Crippen molar-refractivity contribution in [2.24, 2.45) is 0 Å². The molecule has 0 atom stereocenters. The maximum atomic E-state index is 12.0. The van der Waals surface area contributed by atoms with Gasteiger partial charge in [-0.1, -0.05) is 11.6 Å². The lowest BCUT2D eigenvalue weighted by Crippen LogP contribution is -2.09. The molecule has 0 aromatic heterocycles. The minimum Gasteiger partial charge on any atom is -0.428 e. The van der Waals surface area contributed by atoms with Gasteiger partial charge in [0.2, 0.25) is 0 Å². The quantitative estimate of drug-likeness (QED) is 0.601. The predicted molar refractivity (Wildman–Crippen MR) is 69.7 cm³/mol. The van der Waals surface area contributed by atoms with Crippen LogP contribution in [0.5, 0.6) is 0 Å². The highest BCUT2D eigenvalue weighted by Gasteiger charge is 2.16. The third kappa shape index (κ3) is 3.57. The molecule has 2 rings (SSSR count). The summed E-state index contributed by atoms with van der Waals surface area (Å²) < 4.78 is 5.35. The lowest BCUT2D eigenvalue weighted by molar-refractivity contribution is -0.135. The molecule has 98 valence electrons. The van der Waals surface area contributed by atoms with E-state index in [2.05, 4.69) is 6.08 Å². The molecule has 0 fully saturated rings. The molecular formula is C15H20O3. The Hall–Kier alpha value is -1.35. The van der Waals surface area contributed by atoms with Gasteiger partial charge in [0.05, 0.1) is 0 Å². The van der Waals surface area contributed by atoms with Crippen LogP contribution in [0.4, 0.5) is 0 Å². The van der Waals surface area contributed by atoms with Crippen molar-refractivity contribution in [3.8, 4) is 0 Å². The van der Waals surface area contributed by atoms with Gasteiger partial charge >= 0.3 is 5.97 Å². The van der Waals surface area contributed by atoms with Gasteiger partial charge < -0.3 is 9.84 Å². The highest BCUT2D eigenvalue weighted by Crippen LogP contribution is 2.23. The third-order valence-electron chi connectivity index (χ3n) is 3.30. The Balaban J connectivity index is 2.01. The third-order valence-corrected chi connectivity index (χ3v) is 3.30. The van der Waals surface area contributed by atoms with Crippen molar-refractivity contribution in [1.82, 2.24) is 0 Å². The summed E-state index contributed by atoms with van der Waals surface area (Å²) in [4.78, 5) is 12.0. The zero-order chi connectivity index (χ0) is 12.8. The number of allylic oxidation sites excluding steroid dienone is 5. The molecule has 0 amide bonds. The number of hydrogen-bond donors (Lipinski definition) is 1. The summed E-state index contributed by atoms with van der Waals surface area (Å²) in [6.07, 6.45) is 12.5. The molecule has 0 saturated carbocycles. The van der Waals surface area contributed by atoms with Gasteiger partial charge in [-0.2, -0.15) is 0 Å². The molecule has 2 aliphatic rings. The number of aliphatic hydroxyl groups excluding tert-OH is 1. The molecule has 0 spiro atoms. The zero-order valence-electron chi connectivity index (χ0n) is 10.7. The molecule has 1 N–H and O–H groups in total. The average molecular weight is 248 g/mol. The average Bonchev–Trinajstić information content (AvgIpc) is 3.01. The van der Waals surface area contributed by atoms with E-state index < -0.39 is 0 Å². The van der Waals surface area contributed by atoms with E-state index in [9.17, 15) is 4.79 Å². The Labute approximate surface area is 108 Å². The van der Waals surface area contributed by atoms with Gasteiger partial charge in [-0.15, -0.1) is 0 Å². The molecule has 0 unspecified atom stereocenters. The molecule has 0 aliphatic heterocycles. The number of esters is 1. The normalized spacial score (nSPS) is 19.7. The second-order valence-electron chi connectivity index (χ2n) is 4.77. The van der Waals surface area contributed by atoms with E-state index in [-0.39, 0.29) is 12.6 Å². The van der Waals surface area contributed by atoms with Crippen LogP contribution in [0, 0.1) is 0 Å². The lowest BCUT2D eigenvalue weighted by Gasteiger charge is -2.08. The van der Waals surface area contributed by atoms with Gasteiger partial charge in [0, 0.05) is 25.0 Å². The van der Waals surface area contributed by atoms with Crippen molar-refractivity contribution in [3.05, 3.63) is 35.1 Å². The van der Waals surface area contributed by atoms with E-state index >= 15 is 0 Å². The standard InChI is InChI=1S/C15H20O3/c16-10-9-13(11-12-5-1-2-6-12)15(17)18-14-7-3-4-8-14/h5,7,11,16H,1-4,6,8-10H2. The Bertz CT molecular complexity index is 402. The maximum absolute atomic E-state index is 12.0. The Morgan fingerprint density at radius 1 is 1.28 bits per heavy atom. The Kier molecular flexibility index (Phi) is 4.76. The zero-order valence-corrected chi connectivity index (χ0v) is 10.7. The first-order valence-electron chi connectivity index (χ1n) is 6.71. The van der Waals surface area contributed by atoms with Crippen LogP contribution in [0.1, 0.15) is 44.9 Å². The number of carbonyl (C=O) groups excluding carboxylic acids is 1. The summed E-state index contributed by atoms with van der Waals surface area (Å²) in [7, 11) is 0. The van der Waals surface area contributed by atoms with Gasteiger partial charge in [0.25, 0.3) is 0 Å². The fourth-order valence-corrected chi connectivity index (χ4v) is 2.32. The summed E-state index contributed by atoms with van der Waals surface area (Å²) in [5.41, 5.74) is 1.77. The molecule has 0 bridgehead atoms. The molecule has 0 saturated heterocycles. The van der Waals surface area contributed by atoms with Crippen molar-refractivity contribution in [1.29, 1.82) is 0 Å².